The Balaban J connectivity index is 2.24. The van der Waals surface area contributed by atoms with Gasteiger partial charge in [-0.25, -0.2) is 4.98 Å². The number of amides is 1. The van der Waals surface area contributed by atoms with E-state index in [1.807, 2.05) is 4.90 Å². The number of morpholine rings is 1. The Hall–Kier alpha value is -1.82. The van der Waals surface area contributed by atoms with Crippen molar-refractivity contribution in [1.29, 1.82) is 0 Å². The molecule has 1 aliphatic rings. The zero-order valence-electron chi connectivity index (χ0n) is 9.72. The number of nitrogens with one attached hydrogen (secondary N) is 1. The van der Waals surface area contributed by atoms with E-state index in [-0.39, 0.29) is 11.9 Å². The molecule has 0 aliphatic carbocycles. The summed E-state index contributed by atoms with van der Waals surface area (Å²) < 4.78 is 5.33. The van der Waals surface area contributed by atoms with Gasteiger partial charge in [0, 0.05) is 31.5 Å². The molecule has 1 unspecified atom stereocenters. The van der Waals surface area contributed by atoms with Gasteiger partial charge in [-0.3, -0.25) is 4.79 Å². The predicted octanol–water partition coefficient (Wildman–Crippen LogP) is -0.385. The summed E-state index contributed by atoms with van der Waals surface area (Å²) in [4.78, 5) is 17.9. The van der Waals surface area contributed by atoms with Gasteiger partial charge in [-0.1, -0.05) is 0 Å². The van der Waals surface area contributed by atoms with Gasteiger partial charge in [-0.15, -0.1) is 0 Å². The maximum atomic E-state index is 11.7. The van der Waals surface area contributed by atoms with Crippen molar-refractivity contribution in [2.75, 3.05) is 37.4 Å². The van der Waals surface area contributed by atoms with Crippen molar-refractivity contribution in [3.05, 3.63) is 18.3 Å². The molecule has 6 nitrogen and oxygen atoms in total. The molecule has 1 aliphatic heterocycles. The number of hydrogen-bond donors (Lipinski definition) is 2. The fourth-order valence-corrected chi connectivity index (χ4v) is 1.85. The lowest BCUT2D eigenvalue weighted by molar-refractivity contribution is -0.124. The van der Waals surface area contributed by atoms with Crippen molar-refractivity contribution in [2.45, 2.75) is 6.04 Å². The first-order valence-electron chi connectivity index (χ1n) is 5.50. The predicted molar refractivity (Wildman–Crippen MR) is 64.7 cm³/mol. The van der Waals surface area contributed by atoms with Crippen LogP contribution in [-0.4, -0.2) is 43.7 Å². The number of ether oxygens (including phenoxy) is 1. The molecular formula is C11H16N4O2. The molecule has 0 spiro atoms. The van der Waals surface area contributed by atoms with Gasteiger partial charge in [-0.2, -0.15) is 0 Å². The topological polar surface area (TPSA) is 80.5 Å². The first-order valence-corrected chi connectivity index (χ1v) is 5.50. The number of nitrogens with zero attached hydrogens (tertiary/aromatic N) is 2. The van der Waals surface area contributed by atoms with E-state index in [0.29, 0.717) is 31.3 Å². The lowest BCUT2D eigenvalue weighted by atomic mass is 10.2. The van der Waals surface area contributed by atoms with Crippen molar-refractivity contribution in [3.8, 4) is 0 Å². The highest BCUT2D eigenvalue weighted by atomic mass is 16.5. The summed E-state index contributed by atoms with van der Waals surface area (Å²) in [6.45, 7) is 1.59. The zero-order chi connectivity index (χ0) is 12.3. The van der Waals surface area contributed by atoms with Crippen LogP contribution in [0.1, 0.15) is 0 Å². The molecular weight excluding hydrogens is 220 g/mol. The molecule has 2 rings (SSSR count). The van der Waals surface area contributed by atoms with Crippen LogP contribution in [0.3, 0.4) is 0 Å². The standard InChI is InChI=1S/C11H16N4O2/c1-13-11(16)9-7-17-5-4-15(9)10-6-8(12)2-3-14-10/h2-3,6,9H,4-5,7H2,1H3,(H2,12,14)(H,13,16). The molecule has 3 N–H and O–H groups in total. The minimum Gasteiger partial charge on any atom is -0.399 e. The van der Waals surface area contributed by atoms with E-state index < -0.39 is 0 Å². The molecule has 1 fully saturated rings. The quantitative estimate of drug-likeness (QED) is 0.731. The normalized spacial score (nSPS) is 20.1. The number of carbonyl (C=O) groups excluding carboxylic acids is 1. The van der Waals surface area contributed by atoms with E-state index >= 15 is 0 Å². The third kappa shape index (κ3) is 2.47. The Kier molecular flexibility index (Phi) is 3.43. The van der Waals surface area contributed by atoms with Gasteiger partial charge in [0.05, 0.1) is 13.2 Å². The highest BCUT2D eigenvalue weighted by molar-refractivity contribution is 5.85. The van der Waals surface area contributed by atoms with E-state index in [4.69, 9.17) is 10.5 Å². The minimum atomic E-state index is -0.344. The van der Waals surface area contributed by atoms with Crippen molar-refractivity contribution < 1.29 is 9.53 Å². The molecule has 17 heavy (non-hydrogen) atoms. The van der Waals surface area contributed by atoms with Crippen LogP contribution in [0.15, 0.2) is 18.3 Å². The number of pyridine rings is 1. The smallest absolute Gasteiger partial charge is 0.244 e. The van der Waals surface area contributed by atoms with Gasteiger partial charge < -0.3 is 20.7 Å². The fourth-order valence-electron chi connectivity index (χ4n) is 1.85. The van der Waals surface area contributed by atoms with Crippen molar-refractivity contribution in [2.24, 2.45) is 0 Å². The van der Waals surface area contributed by atoms with Gasteiger partial charge in [0.1, 0.15) is 11.9 Å². The number of aromatic nitrogens is 1. The van der Waals surface area contributed by atoms with Crippen LogP contribution in [0, 0.1) is 0 Å². The average molecular weight is 236 g/mol. The average Bonchev–Trinajstić information content (AvgIpc) is 2.38. The first-order chi connectivity index (χ1) is 8.22. The van der Waals surface area contributed by atoms with Crippen LogP contribution >= 0.6 is 0 Å². The lowest BCUT2D eigenvalue weighted by Gasteiger charge is -2.35. The fraction of sp³-hybridized carbons (Fsp3) is 0.455. The van der Waals surface area contributed by atoms with Crippen molar-refractivity contribution in [1.82, 2.24) is 10.3 Å². The van der Waals surface area contributed by atoms with Crippen LogP contribution in [0.4, 0.5) is 11.5 Å². The number of likely N-dealkylation sites (N-methyl/N-ethyl adjacent to an activating group) is 1. The Bertz CT molecular complexity index is 410. The summed E-state index contributed by atoms with van der Waals surface area (Å²) >= 11 is 0. The number of nitrogens with two attached hydrogens (primary N) is 1. The van der Waals surface area contributed by atoms with Crippen LogP contribution < -0.4 is 16.0 Å². The maximum absolute atomic E-state index is 11.7. The number of anilines is 2. The minimum absolute atomic E-state index is 0.0751. The summed E-state index contributed by atoms with van der Waals surface area (Å²) in [7, 11) is 1.61. The Morgan fingerprint density at radius 1 is 1.71 bits per heavy atom. The number of rotatable bonds is 2. The van der Waals surface area contributed by atoms with Crippen molar-refractivity contribution >= 4 is 17.4 Å². The summed E-state index contributed by atoms with van der Waals surface area (Å²) in [6.07, 6.45) is 1.64. The lowest BCUT2D eigenvalue weighted by Crippen LogP contribution is -2.53. The molecule has 2 heterocycles. The molecule has 1 aromatic rings. The van der Waals surface area contributed by atoms with Gasteiger partial charge in [0.2, 0.25) is 5.91 Å². The molecule has 6 heteroatoms. The Morgan fingerprint density at radius 3 is 3.24 bits per heavy atom. The second-order valence-corrected chi connectivity index (χ2v) is 3.85. The van der Waals surface area contributed by atoms with E-state index in [9.17, 15) is 4.79 Å². The SMILES string of the molecule is CNC(=O)C1COCCN1c1cc(N)ccn1. The monoisotopic (exact) mass is 236 g/mol. The third-order valence-corrected chi connectivity index (χ3v) is 2.74. The molecule has 1 saturated heterocycles. The summed E-state index contributed by atoms with van der Waals surface area (Å²) in [6, 6.07) is 3.14. The molecule has 1 amide bonds. The molecule has 1 aromatic heterocycles. The van der Waals surface area contributed by atoms with E-state index in [2.05, 4.69) is 10.3 Å². The first kappa shape index (κ1) is 11.7. The molecule has 0 radical (unpaired) electrons. The van der Waals surface area contributed by atoms with Gasteiger partial charge >= 0.3 is 0 Å². The van der Waals surface area contributed by atoms with Crippen LogP contribution in [-0.2, 0) is 9.53 Å². The van der Waals surface area contributed by atoms with Gasteiger partial charge in [0.25, 0.3) is 0 Å². The van der Waals surface area contributed by atoms with E-state index in [1.54, 1.807) is 25.4 Å². The van der Waals surface area contributed by atoms with Crippen LogP contribution in [0.25, 0.3) is 0 Å². The van der Waals surface area contributed by atoms with Gasteiger partial charge in [-0.05, 0) is 6.07 Å². The molecule has 0 aromatic carbocycles. The summed E-state index contributed by atoms with van der Waals surface area (Å²) in [5.41, 5.74) is 6.36. The van der Waals surface area contributed by atoms with Gasteiger partial charge in [0.15, 0.2) is 0 Å². The maximum Gasteiger partial charge on any atom is 0.244 e. The number of carbonyl (C=O) groups is 1. The Morgan fingerprint density at radius 2 is 2.53 bits per heavy atom. The third-order valence-electron chi connectivity index (χ3n) is 2.74. The summed E-state index contributed by atoms with van der Waals surface area (Å²) in [5.74, 6) is 0.635. The van der Waals surface area contributed by atoms with Crippen LogP contribution in [0.2, 0.25) is 0 Å². The second kappa shape index (κ2) is 5.01. The summed E-state index contributed by atoms with van der Waals surface area (Å²) in [5, 5.41) is 2.63. The largest absolute Gasteiger partial charge is 0.399 e. The molecule has 0 bridgehead atoms. The molecule has 0 saturated carbocycles. The Labute approximate surface area is 99.8 Å². The van der Waals surface area contributed by atoms with E-state index in [1.165, 1.54) is 0 Å². The number of hydrogen-bond acceptors (Lipinski definition) is 5. The second-order valence-electron chi connectivity index (χ2n) is 3.85. The molecule has 92 valence electrons. The highest BCUT2D eigenvalue weighted by Crippen LogP contribution is 2.19. The molecule has 1 atom stereocenters. The zero-order valence-corrected chi connectivity index (χ0v) is 9.72. The van der Waals surface area contributed by atoms with Crippen LogP contribution in [0.5, 0.6) is 0 Å². The van der Waals surface area contributed by atoms with Crippen molar-refractivity contribution in [3.63, 3.8) is 0 Å². The highest BCUT2D eigenvalue weighted by Gasteiger charge is 2.29. The van der Waals surface area contributed by atoms with E-state index in [0.717, 1.165) is 0 Å². The number of nitrogen functional groups attached to an aromatic ring is 1.